The second-order valence-corrected chi connectivity index (χ2v) is 11.6. The van der Waals surface area contributed by atoms with E-state index < -0.39 is 0 Å². The highest BCUT2D eigenvalue weighted by Gasteiger charge is 2.34. The number of rotatable bonds is 8. The van der Waals surface area contributed by atoms with Crippen LogP contribution < -0.4 is 10.2 Å². The molecule has 3 heterocycles. The largest absolute Gasteiger partial charge is 0.462 e. The molecule has 7 nitrogen and oxygen atoms in total. The molecule has 1 saturated heterocycles. The maximum atomic E-state index is 12.1. The van der Waals surface area contributed by atoms with Gasteiger partial charge < -0.3 is 19.5 Å². The summed E-state index contributed by atoms with van der Waals surface area (Å²) in [7, 11) is 0. The molecular weight excluding hydrogens is 543 g/mol. The lowest BCUT2D eigenvalue weighted by Gasteiger charge is -2.32. The van der Waals surface area contributed by atoms with Crippen molar-refractivity contribution in [3.05, 3.63) is 63.3 Å². The standard InChI is InChI=1S/C28H28Cl2N4O3S/c1-2-36-27(35)17-8-9-22-23(14-17)38-28(32-22)34-12-10-18(11-13-34)31-15-19-25(33-37-26(19)16-6-7-16)24-20(29)4-3-5-21(24)30/h3-5,8-9,14,16,18,31H,2,6-7,10-13,15H2,1H3. The molecule has 10 heteroatoms. The Morgan fingerprint density at radius 2 is 1.92 bits per heavy atom. The molecule has 0 bridgehead atoms. The van der Waals surface area contributed by atoms with E-state index in [1.807, 2.05) is 37.3 Å². The van der Waals surface area contributed by atoms with Crippen molar-refractivity contribution in [2.24, 2.45) is 0 Å². The van der Waals surface area contributed by atoms with Crippen molar-refractivity contribution in [1.82, 2.24) is 15.5 Å². The van der Waals surface area contributed by atoms with Gasteiger partial charge in [0.15, 0.2) is 5.13 Å². The quantitative estimate of drug-likeness (QED) is 0.227. The molecule has 0 unspecified atom stereocenters. The maximum Gasteiger partial charge on any atom is 0.338 e. The van der Waals surface area contributed by atoms with Crippen LogP contribution in [0, 0.1) is 0 Å². The van der Waals surface area contributed by atoms with E-state index in [1.54, 1.807) is 17.4 Å². The number of nitrogens with one attached hydrogen (secondary N) is 1. The number of carbonyl (C=O) groups excluding carboxylic acids is 1. The number of hydrogen-bond acceptors (Lipinski definition) is 8. The summed E-state index contributed by atoms with van der Waals surface area (Å²) in [5, 5.41) is 10.3. The second-order valence-electron chi connectivity index (χ2n) is 9.79. The molecule has 1 aliphatic carbocycles. The fraction of sp³-hybridized carbons (Fsp3) is 0.393. The Hall–Kier alpha value is -2.65. The van der Waals surface area contributed by atoms with Crippen molar-refractivity contribution in [3.63, 3.8) is 0 Å². The van der Waals surface area contributed by atoms with Gasteiger partial charge in [-0.3, -0.25) is 0 Å². The number of nitrogens with zero attached hydrogens (tertiary/aromatic N) is 3. The molecule has 1 saturated carbocycles. The van der Waals surface area contributed by atoms with Crippen LogP contribution in [0.3, 0.4) is 0 Å². The van der Waals surface area contributed by atoms with Crippen LogP contribution in [0.25, 0.3) is 21.5 Å². The van der Waals surface area contributed by atoms with Gasteiger partial charge in [0.05, 0.1) is 32.4 Å². The lowest BCUT2D eigenvalue weighted by Crippen LogP contribution is -2.42. The number of anilines is 1. The van der Waals surface area contributed by atoms with Crippen LogP contribution in [0.2, 0.25) is 10.0 Å². The third-order valence-electron chi connectivity index (χ3n) is 7.19. The van der Waals surface area contributed by atoms with Gasteiger partial charge in [-0.25, -0.2) is 9.78 Å². The van der Waals surface area contributed by atoms with Gasteiger partial charge >= 0.3 is 5.97 Å². The number of ether oxygens (including phenoxy) is 1. The Morgan fingerprint density at radius 3 is 2.63 bits per heavy atom. The summed E-state index contributed by atoms with van der Waals surface area (Å²) in [5.74, 6) is 1.09. The van der Waals surface area contributed by atoms with Crippen LogP contribution in [0.15, 0.2) is 40.9 Å². The number of aromatic nitrogens is 2. The molecule has 2 fully saturated rings. The molecule has 2 aromatic heterocycles. The zero-order valence-electron chi connectivity index (χ0n) is 21.0. The van der Waals surface area contributed by atoms with E-state index in [0.717, 1.165) is 76.7 Å². The van der Waals surface area contributed by atoms with Gasteiger partial charge in [0, 0.05) is 42.7 Å². The van der Waals surface area contributed by atoms with Gasteiger partial charge in [0.25, 0.3) is 0 Å². The minimum absolute atomic E-state index is 0.297. The van der Waals surface area contributed by atoms with E-state index >= 15 is 0 Å². The molecule has 0 amide bonds. The molecule has 1 aliphatic heterocycles. The third-order valence-corrected chi connectivity index (χ3v) is 8.90. The highest BCUT2D eigenvalue weighted by molar-refractivity contribution is 7.22. The lowest BCUT2D eigenvalue weighted by molar-refractivity contribution is 0.0526. The normalized spacial score (nSPS) is 16.3. The highest BCUT2D eigenvalue weighted by atomic mass is 35.5. The summed E-state index contributed by atoms with van der Waals surface area (Å²) in [6.45, 7) is 4.65. The maximum absolute atomic E-state index is 12.1. The monoisotopic (exact) mass is 570 g/mol. The van der Waals surface area contributed by atoms with Gasteiger partial charge in [-0.2, -0.15) is 0 Å². The van der Waals surface area contributed by atoms with Crippen molar-refractivity contribution in [2.75, 3.05) is 24.6 Å². The molecule has 0 radical (unpaired) electrons. The molecule has 38 heavy (non-hydrogen) atoms. The number of esters is 1. The minimum atomic E-state index is -0.297. The Bertz CT molecular complexity index is 1450. The molecular formula is C28H28Cl2N4O3S. The van der Waals surface area contributed by atoms with Crippen LogP contribution >= 0.6 is 34.5 Å². The zero-order chi connectivity index (χ0) is 26.2. The molecule has 0 spiro atoms. The average molecular weight is 572 g/mol. The van der Waals surface area contributed by atoms with Crippen LogP contribution in [-0.4, -0.2) is 41.8 Å². The molecule has 2 aromatic carbocycles. The van der Waals surface area contributed by atoms with E-state index in [2.05, 4.69) is 15.4 Å². The van der Waals surface area contributed by atoms with Gasteiger partial charge in [-0.05, 0) is 62.9 Å². The molecule has 6 rings (SSSR count). The van der Waals surface area contributed by atoms with E-state index in [9.17, 15) is 4.79 Å². The number of fused-ring (bicyclic) bond motifs is 1. The highest BCUT2D eigenvalue weighted by Crippen LogP contribution is 2.46. The zero-order valence-corrected chi connectivity index (χ0v) is 23.3. The predicted octanol–water partition coefficient (Wildman–Crippen LogP) is 7.07. The lowest BCUT2D eigenvalue weighted by atomic mass is 10.0. The Labute approximate surface area is 235 Å². The van der Waals surface area contributed by atoms with Crippen LogP contribution in [-0.2, 0) is 11.3 Å². The average Bonchev–Trinajstić information content (AvgIpc) is 3.54. The first kappa shape index (κ1) is 25.6. The number of thiazole rings is 1. The molecule has 198 valence electrons. The topological polar surface area (TPSA) is 80.5 Å². The first-order valence-electron chi connectivity index (χ1n) is 13.0. The molecule has 1 N–H and O–H groups in total. The van der Waals surface area contributed by atoms with Crippen molar-refractivity contribution >= 4 is 55.9 Å². The number of benzene rings is 2. The third kappa shape index (κ3) is 5.15. The SMILES string of the molecule is CCOC(=O)c1ccc2nc(N3CCC(NCc4c(-c5c(Cl)cccc5Cl)noc4C4CC4)CC3)sc2c1. The Kier molecular flexibility index (Phi) is 7.31. The summed E-state index contributed by atoms with van der Waals surface area (Å²) in [6.07, 6.45) is 4.24. The number of halogens is 2. The summed E-state index contributed by atoms with van der Waals surface area (Å²) < 4.78 is 11.9. The van der Waals surface area contributed by atoms with Gasteiger partial charge in [0.2, 0.25) is 0 Å². The fourth-order valence-electron chi connectivity index (χ4n) is 4.99. The molecule has 4 aromatic rings. The van der Waals surface area contributed by atoms with Crippen molar-refractivity contribution < 1.29 is 14.1 Å². The number of hydrogen-bond donors (Lipinski definition) is 1. The van der Waals surface area contributed by atoms with Gasteiger partial charge in [-0.15, -0.1) is 0 Å². The summed E-state index contributed by atoms with van der Waals surface area (Å²) in [6, 6.07) is 11.4. The number of piperidine rings is 1. The van der Waals surface area contributed by atoms with Crippen molar-refractivity contribution in [2.45, 2.75) is 51.1 Å². The summed E-state index contributed by atoms with van der Waals surface area (Å²) >= 11 is 14.6. The van der Waals surface area contributed by atoms with E-state index in [4.69, 9.17) is 37.4 Å². The van der Waals surface area contributed by atoms with Crippen LogP contribution in [0.1, 0.15) is 60.2 Å². The van der Waals surface area contributed by atoms with E-state index in [1.165, 1.54) is 0 Å². The second kappa shape index (κ2) is 10.8. The van der Waals surface area contributed by atoms with Crippen molar-refractivity contribution in [1.29, 1.82) is 0 Å². The minimum Gasteiger partial charge on any atom is -0.462 e. The Morgan fingerprint density at radius 1 is 1.16 bits per heavy atom. The summed E-state index contributed by atoms with van der Waals surface area (Å²) in [4.78, 5) is 19.2. The first-order valence-corrected chi connectivity index (χ1v) is 14.6. The van der Waals surface area contributed by atoms with E-state index in [0.29, 0.717) is 40.7 Å². The summed E-state index contributed by atoms with van der Waals surface area (Å²) in [5.41, 5.74) is 4.01. The predicted molar refractivity (Wildman–Crippen MR) is 152 cm³/mol. The smallest absolute Gasteiger partial charge is 0.338 e. The van der Waals surface area contributed by atoms with Crippen molar-refractivity contribution in [3.8, 4) is 11.3 Å². The fourth-order valence-corrected chi connectivity index (χ4v) is 6.62. The molecule has 2 aliphatic rings. The molecule has 0 atom stereocenters. The van der Waals surface area contributed by atoms with E-state index in [-0.39, 0.29) is 5.97 Å². The number of carbonyl (C=O) groups is 1. The Balaban J connectivity index is 1.12. The van der Waals surface area contributed by atoms with Crippen LogP contribution in [0.4, 0.5) is 5.13 Å². The van der Waals surface area contributed by atoms with Gasteiger partial charge in [-0.1, -0.05) is 45.8 Å². The first-order chi connectivity index (χ1) is 18.5. The van der Waals surface area contributed by atoms with Crippen LogP contribution in [0.5, 0.6) is 0 Å². The van der Waals surface area contributed by atoms with Gasteiger partial charge in [0.1, 0.15) is 11.5 Å².